The topological polar surface area (TPSA) is 97.0 Å². The van der Waals surface area contributed by atoms with Gasteiger partial charge in [-0.2, -0.15) is 10.4 Å². The molecule has 150 valence electrons. The van der Waals surface area contributed by atoms with Crippen LogP contribution in [-0.4, -0.2) is 28.3 Å². The van der Waals surface area contributed by atoms with Gasteiger partial charge in [0.15, 0.2) is 5.69 Å². The van der Waals surface area contributed by atoms with Crippen molar-refractivity contribution in [2.45, 2.75) is 6.92 Å². The van der Waals surface area contributed by atoms with E-state index in [0.29, 0.717) is 5.69 Å². The summed E-state index contributed by atoms with van der Waals surface area (Å²) in [5, 5.41) is 16.0. The Morgan fingerprint density at radius 2 is 1.90 bits per heavy atom. The first-order valence-electron chi connectivity index (χ1n) is 9.03. The number of ether oxygens (including phenoxy) is 1. The van der Waals surface area contributed by atoms with E-state index in [2.05, 4.69) is 10.4 Å². The van der Waals surface area contributed by atoms with E-state index in [9.17, 15) is 19.2 Å². The van der Waals surface area contributed by atoms with Crippen molar-refractivity contribution >= 4 is 23.6 Å². The van der Waals surface area contributed by atoms with Gasteiger partial charge in [-0.1, -0.05) is 30.3 Å². The van der Waals surface area contributed by atoms with Crippen molar-refractivity contribution in [1.82, 2.24) is 9.78 Å². The molecule has 1 aromatic heterocycles. The predicted octanol–water partition coefficient (Wildman–Crippen LogP) is 3.73. The fourth-order valence-corrected chi connectivity index (χ4v) is 2.62. The quantitative estimate of drug-likeness (QED) is 0.384. The second-order valence-electron chi connectivity index (χ2n) is 6.04. The first-order valence-corrected chi connectivity index (χ1v) is 9.03. The van der Waals surface area contributed by atoms with E-state index in [0.717, 1.165) is 0 Å². The SMILES string of the molecule is CCOC(=O)c1nn(-c2ccccc2)cc1/C=C(/C#N)C(=O)Nc1ccccc1F. The van der Waals surface area contributed by atoms with E-state index in [4.69, 9.17) is 4.74 Å². The van der Waals surface area contributed by atoms with Crippen molar-refractivity contribution in [2.24, 2.45) is 0 Å². The van der Waals surface area contributed by atoms with Gasteiger partial charge in [0.2, 0.25) is 0 Å². The average molecular weight is 404 g/mol. The lowest BCUT2D eigenvalue weighted by Gasteiger charge is -2.05. The molecule has 0 spiro atoms. The molecular weight excluding hydrogens is 387 g/mol. The number of aromatic nitrogens is 2. The van der Waals surface area contributed by atoms with Crippen LogP contribution in [0.4, 0.5) is 10.1 Å². The van der Waals surface area contributed by atoms with Gasteiger partial charge in [-0.25, -0.2) is 13.9 Å². The Hall–Kier alpha value is -4.25. The molecule has 1 amide bonds. The van der Waals surface area contributed by atoms with Crippen LogP contribution in [0.3, 0.4) is 0 Å². The lowest BCUT2D eigenvalue weighted by Crippen LogP contribution is -2.14. The zero-order valence-corrected chi connectivity index (χ0v) is 16.0. The van der Waals surface area contributed by atoms with Crippen LogP contribution in [0.25, 0.3) is 11.8 Å². The summed E-state index contributed by atoms with van der Waals surface area (Å²) in [7, 11) is 0. The minimum absolute atomic E-state index is 0.0489. The van der Waals surface area contributed by atoms with E-state index in [1.54, 1.807) is 43.3 Å². The number of esters is 1. The number of benzene rings is 2. The molecule has 0 fully saturated rings. The molecule has 3 aromatic rings. The number of rotatable bonds is 6. The highest BCUT2D eigenvalue weighted by atomic mass is 19.1. The number of hydrogen-bond acceptors (Lipinski definition) is 5. The molecule has 0 aliphatic rings. The number of carbonyl (C=O) groups excluding carboxylic acids is 2. The largest absolute Gasteiger partial charge is 0.461 e. The summed E-state index contributed by atoms with van der Waals surface area (Å²) in [4.78, 5) is 24.8. The summed E-state index contributed by atoms with van der Waals surface area (Å²) in [5.41, 5.74) is 0.465. The maximum atomic E-state index is 13.8. The maximum Gasteiger partial charge on any atom is 0.359 e. The second kappa shape index (κ2) is 9.30. The van der Waals surface area contributed by atoms with Crippen LogP contribution < -0.4 is 5.32 Å². The monoisotopic (exact) mass is 404 g/mol. The van der Waals surface area contributed by atoms with Crippen LogP contribution in [0.15, 0.2) is 66.4 Å². The van der Waals surface area contributed by atoms with Gasteiger partial charge in [0, 0.05) is 11.8 Å². The molecule has 30 heavy (non-hydrogen) atoms. The highest BCUT2D eigenvalue weighted by Crippen LogP contribution is 2.19. The number of nitrogens with zero attached hydrogens (tertiary/aromatic N) is 3. The Balaban J connectivity index is 1.99. The summed E-state index contributed by atoms with van der Waals surface area (Å²) in [6.45, 7) is 1.79. The van der Waals surface area contributed by atoms with E-state index in [1.165, 1.54) is 35.2 Å². The van der Waals surface area contributed by atoms with Crippen LogP contribution in [-0.2, 0) is 9.53 Å². The Labute approximate surface area is 172 Å². The summed E-state index contributed by atoms with van der Waals surface area (Å²) in [6.07, 6.45) is 2.73. The smallest absolute Gasteiger partial charge is 0.359 e. The number of para-hydroxylation sites is 2. The van der Waals surface area contributed by atoms with Crippen molar-refractivity contribution < 1.29 is 18.7 Å². The third kappa shape index (κ3) is 4.59. The summed E-state index contributed by atoms with van der Waals surface area (Å²) >= 11 is 0. The highest BCUT2D eigenvalue weighted by Gasteiger charge is 2.20. The van der Waals surface area contributed by atoms with Crippen molar-refractivity contribution in [1.29, 1.82) is 5.26 Å². The number of amides is 1. The van der Waals surface area contributed by atoms with Crippen molar-refractivity contribution in [3.63, 3.8) is 0 Å². The van der Waals surface area contributed by atoms with Gasteiger partial charge in [-0.3, -0.25) is 4.79 Å². The van der Waals surface area contributed by atoms with Gasteiger partial charge >= 0.3 is 5.97 Å². The van der Waals surface area contributed by atoms with E-state index in [-0.39, 0.29) is 29.1 Å². The molecule has 0 unspecified atom stereocenters. The third-order valence-corrected chi connectivity index (χ3v) is 4.02. The predicted molar refractivity (Wildman–Crippen MR) is 108 cm³/mol. The molecule has 8 heteroatoms. The second-order valence-corrected chi connectivity index (χ2v) is 6.04. The fourth-order valence-electron chi connectivity index (χ4n) is 2.62. The number of halogens is 1. The van der Waals surface area contributed by atoms with Crippen molar-refractivity contribution in [3.8, 4) is 11.8 Å². The van der Waals surface area contributed by atoms with Gasteiger partial charge < -0.3 is 10.1 Å². The number of nitrogens with one attached hydrogen (secondary N) is 1. The number of hydrogen-bond donors (Lipinski definition) is 1. The van der Waals surface area contributed by atoms with E-state index < -0.39 is 17.7 Å². The minimum atomic E-state index is -0.815. The lowest BCUT2D eigenvalue weighted by molar-refractivity contribution is -0.112. The molecule has 0 saturated heterocycles. The number of nitriles is 1. The minimum Gasteiger partial charge on any atom is -0.461 e. The van der Waals surface area contributed by atoms with Crippen LogP contribution in [0.5, 0.6) is 0 Å². The average Bonchev–Trinajstić information content (AvgIpc) is 3.18. The van der Waals surface area contributed by atoms with Gasteiger partial charge in [0.1, 0.15) is 17.5 Å². The molecule has 0 bridgehead atoms. The Kier molecular flexibility index (Phi) is 6.35. The standard InChI is InChI=1S/C22H17FN4O3/c1-2-30-22(29)20-16(14-27(26-20)17-8-4-3-5-9-17)12-15(13-24)21(28)25-19-11-7-6-10-18(19)23/h3-12,14H,2H2,1H3,(H,25,28)/b15-12-. The normalized spacial score (nSPS) is 10.9. The maximum absolute atomic E-state index is 13.8. The molecule has 0 aliphatic heterocycles. The van der Waals surface area contributed by atoms with Gasteiger partial charge in [0.05, 0.1) is 18.0 Å². The first-order chi connectivity index (χ1) is 14.5. The van der Waals surface area contributed by atoms with Gasteiger partial charge in [-0.05, 0) is 37.3 Å². The molecule has 0 radical (unpaired) electrons. The molecule has 7 nitrogen and oxygen atoms in total. The molecule has 0 atom stereocenters. The first kappa shape index (κ1) is 20.5. The molecule has 3 rings (SSSR count). The molecule has 0 aliphatic carbocycles. The molecule has 1 heterocycles. The van der Waals surface area contributed by atoms with Crippen LogP contribution in [0.2, 0.25) is 0 Å². The highest BCUT2D eigenvalue weighted by molar-refractivity contribution is 6.10. The zero-order chi connectivity index (χ0) is 21.5. The lowest BCUT2D eigenvalue weighted by atomic mass is 10.1. The number of anilines is 1. The summed E-state index contributed by atoms with van der Waals surface area (Å²) in [6, 6.07) is 16.4. The Bertz CT molecular complexity index is 1150. The zero-order valence-electron chi connectivity index (χ0n) is 16.0. The molecule has 2 aromatic carbocycles. The van der Waals surface area contributed by atoms with Crippen LogP contribution in [0, 0.1) is 17.1 Å². The van der Waals surface area contributed by atoms with E-state index in [1.807, 2.05) is 6.07 Å². The Morgan fingerprint density at radius 1 is 1.20 bits per heavy atom. The van der Waals surface area contributed by atoms with E-state index >= 15 is 0 Å². The molecular formula is C22H17FN4O3. The van der Waals surface area contributed by atoms with Gasteiger partial charge in [0.25, 0.3) is 5.91 Å². The molecule has 0 saturated carbocycles. The van der Waals surface area contributed by atoms with Crippen LogP contribution in [0.1, 0.15) is 23.0 Å². The Morgan fingerprint density at radius 3 is 2.57 bits per heavy atom. The fraction of sp³-hybridized carbons (Fsp3) is 0.0909. The van der Waals surface area contributed by atoms with Crippen molar-refractivity contribution in [3.05, 3.63) is 83.4 Å². The van der Waals surface area contributed by atoms with Crippen molar-refractivity contribution in [2.75, 3.05) is 11.9 Å². The summed E-state index contributed by atoms with van der Waals surface area (Å²) in [5.74, 6) is -2.14. The summed E-state index contributed by atoms with van der Waals surface area (Å²) < 4.78 is 20.3. The third-order valence-electron chi connectivity index (χ3n) is 4.02. The number of carbonyl (C=O) groups is 2. The molecule has 1 N–H and O–H groups in total. The van der Waals surface area contributed by atoms with Crippen LogP contribution >= 0.6 is 0 Å². The van der Waals surface area contributed by atoms with Gasteiger partial charge in [-0.15, -0.1) is 0 Å².